The lowest BCUT2D eigenvalue weighted by atomic mass is 10.1. The maximum Gasteiger partial charge on any atom is 0.338 e. The molecule has 1 aromatic heterocycles. The summed E-state index contributed by atoms with van der Waals surface area (Å²) in [4.78, 5) is 24.1. The molecule has 0 unspecified atom stereocenters. The quantitative estimate of drug-likeness (QED) is 0.509. The number of aryl methyl sites for hydroxylation is 1. The van der Waals surface area contributed by atoms with E-state index >= 15 is 0 Å². The van der Waals surface area contributed by atoms with Gasteiger partial charge in [0, 0.05) is 39.8 Å². The van der Waals surface area contributed by atoms with Crippen molar-refractivity contribution in [2.45, 2.75) is 19.3 Å². The summed E-state index contributed by atoms with van der Waals surface area (Å²) < 4.78 is 21.9. The van der Waals surface area contributed by atoms with Crippen molar-refractivity contribution in [1.82, 2.24) is 0 Å². The number of hydrogen-bond acceptors (Lipinski definition) is 5. The van der Waals surface area contributed by atoms with Gasteiger partial charge < -0.3 is 9.15 Å². The number of fused-ring (bicyclic) bond motifs is 1. The first-order chi connectivity index (χ1) is 12.4. The molecule has 1 heterocycles. The predicted octanol–water partition coefficient (Wildman–Crippen LogP) is 3.34. The van der Waals surface area contributed by atoms with Crippen molar-refractivity contribution in [2.24, 2.45) is 0 Å². The van der Waals surface area contributed by atoms with Gasteiger partial charge in [0.1, 0.15) is 12.2 Å². The van der Waals surface area contributed by atoms with Crippen molar-refractivity contribution in [1.29, 1.82) is 0 Å². The molecule has 0 amide bonds. The Morgan fingerprint density at radius 1 is 1.15 bits per heavy atom. The van der Waals surface area contributed by atoms with Gasteiger partial charge in [-0.25, -0.2) is 9.59 Å². The lowest BCUT2D eigenvalue weighted by Gasteiger charge is -2.08. The summed E-state index contributed by atoms with van der Waals surface area (Å²) in [5, 5.41) is 0.734. The first-order valence-corrected chi connectivity index (χ1v) is 9.74. The zero-order chi connectivity index (χ0) is 18.7. The SMILES string of the molecule is Cc1ccc2c(COC(=O)c3cccc(C[S@@](C)=O)c3)cc(=O)oc2c1. The van der Waals surface area contributed by atoms with Crippen LogP contribution in [0.1, 0.15) is 27.0 Å². The fourth-order valence-electron chi connectivity index (χ4n) is 2.71. The highest BCUT2D eigenvalue weighted by Gasteiger charge is 2.12. The van der Waals surface area contributed by atoms with E-state index in [-0.39, 0.29) is 6.61 Å². The monoisotopic (exact) mass is 370 g/mol. The van der Waals surface area contributed by atoms with E-state index in [1.165, 1.54) is 6.07 Å². The third kappa shape index (κ3) is 4.26. The number of ether oxygens (including phenoxy) is 1. The van der Waals surface area contributed by atoms with E-state index in [0.29, 0.717) is 22.5 Å². The van der Waals surface area contributed by atoms with Crippen molar-refractivity contribution in [3.05, 3.63) is 81.2 Å². The molecular formula is C20H18O5S. The molecule has 0 bridgehead atoms. The molecule has 3 rings (SSSR count). The molecular weight excluding hydrogens is 352 g/mol. The first kappa shape index (κ1) is 18.1. The van der Waals surface area contributed by atoms with Crippen molar-refractivity contribution >= 4 is 27.7 Å². The minimum absolute atomic E-state index is 0.0338. The molecule has 0 fully saturated rings. The molecule has 0 aliphatic heterocycles. The van der Waals surface area contributed by atoms with Crippen LogP contribution >= 0.6 is 0 Å². The Bertz CT molecular complexity index is 1050. The van der Waals surface area contributed by atoms with Gasteiger partial charge in [-0.05, 0) is 36.2 Å². The zero-order valence-electron chi connectivity index (χ0n) is 14.5. The summed E-state index contributed by atoms with van der Waals surface area (Å²) in [5.41, 5.74) is 2.74. The molecule has 5 nitrogen and oxygen atoms in total. The second-order valence-electron chi connectivity index (χ2n) is 6.08. The Labute approximate surface area is 153 Å². The van der Waals surface area contributed by atoms with Crippen LogP contribution in [0.5, 0.6) is 0 Å². The molecule has 0 radical (unpaired) electrons. The van der Waals surface area contributed by atoms with Crippen molar-refractivity contribution in [3.8, 4) is 0 Å². The largest absolute Gasteiger partial charge is 0.457 e. The number of benzene rings is 2. The zero-order valence-corrected chi connectivity index (χ0v) is 15.3. The summed E-state index contributed by atoms with van der Waals surface area (Å²) in [5.74, 6) is -0.118. The van der Waals surface area contributed by atoms with E-state index in [2.05, 4.69) is 0 Å². The van der Waals surface area contributed by atoms with E-state index in [9.17, 15) is 13.8 Å². The predicted molar refractivity (Wildman–Crippen MR) is 101 cm³/mol. The van der Waals surface area contributed by atoms with Gasteiger partial charge in [0.15, 0.2) is 0 Å². The number of esters is 1. The molecule has 0 saturated heterocycles. The average molecular weight is 370 g/mol. The van der Waals surface area contributed by atoms with Crippen LogP contribution in [0.15, 0.2) is 57.7 Å². The second kappa shape index (κ2) is 7.66. The highest BCUT2D eigenvalue weighted by Crippen LogP contribution is 2.20. The van der Waals surface area contributed by atoms with Gasteiger partial charge in [-0.3, -0.25) is 4.21 Å². The van der Waals surface area contributed by atoms with Crippen molar-refractivity contribution in [3.63, 3.8) is 0 Å². The molecule has 0 spiro atoms. The summed E-state index contributed by atoms with van der Waals surface area (Å²) in [7, 11) is -0.989. The van der Waals surface area contributed by atoms with E-state index in [0.717, 1.165) is 16.5 Å². The Kier molecular flexibility index (Phi) is 5.32. The summed E-state index contributed by atoms with van der Waals surface area (Å²) in [6.45, 7) is 1.87. The van der Waals surface area contributed by atoms with E-state index in [1.54, 1.807) is 30.5 Å². The number of carbonyl (C=O) groups is 1. The van der Waals surface area contributed by atoms with Crippen LogP contribution in [0.2, 0.25) is 0 Å². The molecule has 26 heavy (non-hydrogen) atoms. The Balaban J connectivity index is 1.81. The molecule has 6 heteroatoms. The Hall–Kier alpha value is -2.73. The Morgan fingerprint density at radius 2 is 1.96 bits per heavy atom. The van der Waals surface area contributed by atoms with Crippen LogP contribution in [0.4, 0.5) is 0 Å². The smallest absolute Gasteiger partial charge is 0.338 e. The molecule has 134 valence electrons. The van der Waals surface area contributed by atoms with Crippen LogP contribution in [0.25, 0.3) is 11.0 Å². The molecule has 0 saturated carbocycles. The fourth-order valence-corrected chi connectivity index (χ4v) is 3.35. The lowest BCUT2D eigenvalue weighted by molar-refractivity contribution is 0.0473. The maximum atomic E-state index is 12.3. The number of carbonyl (C=O) groups excluding carboxylic acids is 1. The van der Waals surface area contributed by atoms with Crippen LogP contribution in [0.3, 0.4) is 0 Å². The van der Waals surface area contributed by atoms with Gasteiger partial charge in [-0.15, -0.1) is 0 Å². The molecule has 0 N–H and O–H groups in total. The van der Waals surface area contributed by atoms with Crippen molar-refractivity contribution < 1.29 is 18.2 Å². The molecule has 0 aliphatic carbocycles. The van der Waals surface area contributed by atoms with Gasteiger partial charge in [-0.2, -0.15) is 0 Å². The third-order valence-corrected chi connectivity index (χ3v) is 4.62. The van der Waals surface area contributed by atoms with Crippen molar-refractivity contribution in [2.75, 3.05) is 6.26 Å². The second-order valence-corrected chi connectivity index (χ2v) is 7.52. The minimum atomic E-state index is -0.989. The highest BCUT2D eigenvalue weighted by molar-refractivity contribution is 7.83. The van der Waals surface area contributed by atoms with Gasteiger partial charge in [0.2, 0.25) is 0 Å². The van der Waals surface area contributed by atoms with Crippen LogP contribution in [-0.4, -0.2) is 16.4 Å². The van der Waals surface area contributed by atoms with E-state index in [4.69, 9.17) is 9.15 Å². The Morgan fingerprint density at radius 3 is 2.73 bits per heavy atom. The highest BCUT2D eigenvalue weighted by atomic mass is 32.2. The van der Waals surface area contributed by atoms with E-state index in [1.807, 2.05) is 25.1 Å². The molecule has 2 aromatic carbocycles. The molecule has 0 aliphatic rings. The van der Waals surface area contributed by atoms with Crippen LogP contribution < -0.4 is 5.63 Å². The maximum absolute atomic E-state index is 12.3. The normalized spacial score (nSPS) is 12.1. The van der Waals surface area contributed by atoms with Crippen LogP contribution in [0, 0.1) is 6.92 Å². The summed E-state index contributed by atoms with van der Waals surface area (Å²) in [6, 6.07) is 13.7. The summed E-state index contributed by atoms with van der Waals surface area (Å²) >= 11 is 0. The van der Waals surface area contributed by atoms with Gasteiger partial charge in [-0.1, -0.05) is 24.3 Å². The van der Waals surface area contributed by atoms with E-state index < -0.39 is 22.4 Å². The topological polar surface area (TPSA) is 73.6 Å². The number of rotatable bonds is 5. The van der Waals surface area contributed by atoms with Gasteiger partial charge >= 0.3 is 11.6 Å². The molecule has 1 atom stereocenters. The lowest BCUT2D eigenvalue weighted by Crippen LogP contribution is -2.08. The minimum Gasteiger partial charge on any atom is -0.457 e. The third-order valence-electron chi connectivity index (χ3n) is 3.88. The molecule has 3 aromatic rings. The summed E-state index contributed by atoms with van der Waals surface area (Å²) in [6.07, 6.45) is 1.61. The number of hydrogen-bond donors (Lipinski definition) is 0. The van der Waals surface area contributed by atoms with Gasteiger partial charge in [0.25, 0.3) is 0 Å². The van der Waals surface area contributed by atoms with Gasteiger partial charge in [0.05, 0.1) is 5.56 Å². The average Bonchev–Trinajstić information content (AvgIpc) is 2.58. The standard InChI is InChI=1S/C20H18O5S/c1-13-6-7-17-16(10-19(21)25-18(17)8-13)11-24-20(22)15-5-3-4-14(9-15)12-26(2)23/h3-10H,11-12H2,1-2H3/t26-/m1/s1. The fraction of sp³-hybridized carbons (Fsp3) is 0.200. The van der Waals surface area contributed by atoms with Crippen LogP contribution in [-0.2, 0) is 27.9 Å². The first-order valence-electron chi connectivity index (χ1n) is 8.02.